The van der Waals surface area contributed by atoms with Gasteiger partial charge in [-0.25, -0.2) is 4.79 Å². The number of halogens is 1. The first-order chi connectivity index (χ1) is 9.83. The van der Waals surface area contributed by atoms with Crippen LogP contribution in [-0.2, 0) is 4.79 Å². The highest BCUT2D eigenvalue weighted by molar-refractivity contribution is 6.32. The zero-order chi connectivity index (χ0) is 16.0. The van der Waals surface area contributed by atoms with Crippen LogP contribution in [0.3, 0.4) is 0 Å². The lowest BCUT2D eigenvalue weighted by atomic mass is 10.2. The minimum Gasteiger partial charge on any atom is -0.495 e. The summed E-state index contributed by atoms with van der Waals surface area (Å²) in [6.07, 6.45) is 0. The van der Waals surface area contributed by atoms with Crippen LogP contribution in [0.5, 0.6) is 5.75 Å². The highest BCUT2D eigenvalue weighted by Gasteiger charge is 2.18. The molecular weight excluding hydrogens is 296 g/mol. The molecule has 0 heterocycles. The van der Waals surface area contributed by atoms with E-state index in [0.717, 1.165) is 0 Å². The largest absolute Gasteiger partial charge is 0.495 e. The monoisotopic (exact) mass is 314 g/mol. The van der Waals surface area contributed by atoms with Crippen LogP contribution in [0, 0.1) is 5.92 Å². The molecule has 0 fully saturated rings. The molecule has 0 aliphatic heterocycles. The average Bonchev–Trinajstić information content (AvgIpc) is 2.39. The Morgan fingerprint density at radius 3 is 2.62 bits per heavy atom. The van der Waals surface area contributed by atoms with Crippen molar-refractivity contribution in [3.63, 3.8) is 0 Å². The summed E-state index contributed by atoms with van der Waals surface area (Å²) in [5.74, 6) is -0.461. The predicted octanol–water partition coefficient (Wildman–Crippen LogP) is 2.92. The molecule has 0 atom stereocenters. The first-order valence-electron chi connectivity index (χ1n) is 6.44. The third kappa shape index (κ3) is 5.51. The topological polar surface area (TPSA) is 78.9 Å². The fourth-order valence-corrected chi connectivity index (χ4v) is 1.96. The predicted molar refractivity (Wildman–Crippen MR) is 81.1 cm³/mol. The smallest absolute Gasteiger partial charge is 0.323 e. The van der Waals surface area contributed by atoms with Gasteiger partial charge in [0.15, 0.2) is 0 Å². The Balaban J connectivity index is 2.82. The highest BCUT2D eigenvalue weighted by Crippen LogP contribution is 2.27. The van der Waals surface area contributed by atoms with Crippen molar-refractivity contribution in [1.29, 1.82) is 0 Å². The van der Waals surface area contributed by atoms with Crippen molar-refractivity contribution in [3.8, 4) is 5.75 Å². The van der Waals surface area contributed by atoms with E-state index in [1.54, 1.807) is 18.2 Å². The summed E-state index contributed by atoms with van der Waals surface area (Å²) in [7, 11) is 1.47. The number of aliphatic carboxylic acids is 1. The molecule has 0 aliphatic rings. The second-order valence-corrected chi connectivity index (χ2v) is 5.35. The van der Waals surface area contributed by atoms with Crippen molar-refractivity contribution < 1.29 is 19.4 Å². The van der Waals surface area contributed by atoms with Gasteiger partial charge in [0.05, 0.1) is 12.1 Å². The fraction of sp³-hybridized carbons (Fsp3) is 0.429. The number of hydrogen-bond acceptors (Lipinski definition) is 3. The van der Waals surface area contributed by atoms with E-state index in [1.807, 2.05) is 13.8 Å². The summed E-state index contributed by atoms with van der Waals surface area (Å²) in [6.45, 7) is 3.82. The summed E-state index contributed by atoms with van der Waals surface area (Å²) >= 11 is 5.91. The average molecular weight is 315 g/mol. The van der Waals surface area contributed by atoms with E-state index in [0.29, 0.717) is 23.0 Å². The molecular formula is C14H19ClN2O4. The maximum atomic E-state index is 12.1. The molecule has 0 spiro atoms. The molecule has 0 saturated carbocycles. The second kappa shape index (κ2) is 7.73. The molecule has 0 saturated heterocycles. The molecule has 2 amide bonds. The van der Waals surface area contributed by atoms with Crippen LogP contribution >= 0.6 is 11.6 Å². The van der Waals surface area contributed by atoms with Gasteiger partial charge in [-0.1, -0.05) is 25.4 Å². The molecule has 6 nitrogen and oxygen atoms in total. The second-order valence-electron chi connectivity index (χ2n) is 4.95. The number of carbonyl (C=O) groups is 2. The standard InChI is InChI=1S/C14H19ClN2O4/c1-9(2)7-17(8-13(18)19)14(20)16-10-4-5-11(15)12(6-10)21-3/h4-6,9H,7-8H2,1-3H3,(H,16,20)(H,18,19). The Morgan fingerprint density at radius 2 is 2.10 bits per heavy atom. The summed E-state index contributed by atoms with van der Waals surface area (Å²) in [4.78, 5) is 24.2. The van der Waals surface area contributed by atoms with Crippen LogP contribution in [-0.4, -0.2) is 42.2 Å². The van der Waals surface area contributed by atoms with E-state index < -0.39 is 12.0 Å². The molecule has 0 radical (unpaired) electrons. The molecule has 2 N–H and O–H groups in total. The van der Waals surface area contributed by atoms with Crippen LogP contribution in [0.2, 0.25) is 5.02 Å². The van der Waals surface area contributed by atoms with Gasteiger partial charge in [-0.05, 0) is 18.1 Å². The van der Waals surface area contributed by atoms with Gasteiger partial charge in [-0.2, -0.15) is 0 Å². The number of benzene rings is 1. The van der Waals surface area contributed by atoms with E-state index in [2.05, 4.69) is 5.32 Å². The van der Waals surface area contributed by atoms with Crippen LogP contribution in [0.4, 0.5) is 10.5 Å². The molecule has 21 heavy (non-hydrogen) atoms. The minimum absolute atomic E-state index is 0.162. The molecule has 0 aliphatic carbocycles. The van der Waals surface area contributed by atoms with E-state index in [-0.39, 0.29) is 12.5 Å². The van der Waals surface area contributed by atoms with Gasteiger partial charge < -0.3 is 20.1 Å². The van der Waals surface area contributed by atoms with Crippen molar-refractivity contribution >= 4 is 29.3 Å². The van der Waals surface area contributed by atoms with E-state index >= 15 is 0 Å². The number of nitrogens with one attached hydrogen (secondary N) is 1. The number of carboxylic acid groups (broad SMARTS) is 1. The van der Waals surface area contributed by atoms with Crippen molar-refractivity contribution in [3.05, 3.63) is 23.2 Å². The van der Waals surface area contributed by atoms with Gasteiger partial charge in [0.1, 0.15) is 12.3 Å². The Bertz CT molecular complexity index is 520. The molecule has 7 heteroatoms. The Morgan fingerprint density at radius 1 is 1.43 bits per heavy atom. The van der Waals surface area contributed by atoms with Crippen molar-refractivity contribution in [2.24, 2.45) is 5.92 Å². The van der Waals surface area contributed by atoms with Gasteiger partial charge in [0.2, 0.25) is 0 Å². The number of hydrogen-bond donors (Lipinski definition) is 2. The number of rotatable bonds is 6. The molecule has 1 aromatic rings. The lowest BCUT2D eigenvalue weighted by Crippen LogP contribution is -2.40. The third-order valence-corrected chi connectivity index (χ3v) is 2.91. The number of nitrogens with zero attached hydrogens (tertiary/aromatic N) is 1. The number of methoxy groups -OCH3 is 1. The molecule has 1 aromatic carbocycles. The number of carbonyl (C=O) groups excluding carboxylic acids is 1. The normalized spacial score (nSPS) is 10.3. The Hall–Kier alpha value is -1.95. The highest BCUT2D eigenvalue weighted by atomic mass is 35.5. The lowest BCUT2D eigenvalue weighted by Gasteiger charge is -2.23. The molecule has 0 aromatic heterocycles. The SMILES string of the molecule is COc1cc(NC(=O)N(CC(=O)O)CC(C)C)ccc1Cl. The van der Waals surface area contributed by atoms with Gasteiger partial charge in [-0.15, -0.1) is 0 Å². The number of urea groups is 1. The Kier molecular flexibility index (Phi) is 6.30. The van der Waals surface area contributed by atoms with Gasteiger partial charge in [0, 0.05) is 18.3 Å². The van der Waals surface area contributed by atoms with Crippen molar-refractivity contribution in [2.75, 3.05) is 25.5 Å². The fourth-order valence-electron chi connectivity index (χ4n) is 1.76. The number of carboxylic acids is 1. The quantitative estimate of drug-likeness (QED) is 0.846. The lowest BCUT2D eigenvalue weighted by molar-refractivity contribution is -0.137. The Labute approximate surface area is 128 Å². The van der Waals surface area contributed by atoms with Crippen LogP contribution in [0.15, 0.2) is 18.2 Å². The van der Waals surface area contributed by atoms with Gasteiger partial charge in [-0.3, -0.25) is 4.79 Å². The molecule has 116 valence electrons. The van der Waals surface area contributed by atoms with Crippen LogP contribution in [0.25, 0.3) is 0 Å². The molecule has 1 rings (SSSR count). The third-order valence-electron chi connectivity index (χ3n) is 2.60. The summed E-state index contributed by atoms with van der Waals surface area (Å²) < 4.78 is 5.07. The first kappa shape index (κ1) is 17.1. The van der Waals surface area contributed by atoms with E-state index in [1.165, 1.54) is 12.0 Å². The number of ether oxygens (including phenoxy) is 1. The number of amides is 2. The van der Waals surface area contributed by atoms with Crippen LogP contribution < -0.4 is 10.1 Å². The van der Waals surface area contributed by atoms with Crippen LogP contribution in [0.1, 0.15) is 13.8 Å². The summed E-state index contributed by atoms with van der Waals surface area (Å²) in [5, 5.41) is 11.9. The zero-order valence-electron chi connectivity index (χ0n) is 12.2. The zero-order valence-corrected chi connectivity index (χ0v) is 13.0. The van der Waals surface area contributed by atoms with Crippen molar-refractivity contribution in [1.82, 2.24) is 4.90 Å². The van der Waals surface area contributed by atoms with Gasteiger partial charge >= 0.3 is 12.0 Å². The molecule has 0 bridgehead atoms. The van der Waals surface area contributed by atoms with E-state index in [9.17, 15) is 9.59 Å². The number of anilines is 1. The first-order valence-corrected chi connectivity index (χ1v) is 6.82. The summed E-state index contributed by atoms with van der Waals surface area (Å²) in [6, 6.07) is 4.32. The maximum Gasteiger partial charge on any atom is 0.323 e. The maximum absolute atomic E-state index is 12.1. The molecule has 0 unspecified atom stereocenters. The summed E-state index contributed by atoms with van der Waals surface area (Å²) in [5.41, 5.74) is 0.486. The minimum atomic E-state index is -1.06. The van der Waals surface area contributed by atoms with E-state index in [4.69, 9.17) is 21.4 Å². The van der Waals surface area contributed by atoms with Crippen molar-refractivity contribution in [2.45, 2.75) is 13.8 Å². The van der Waals surface area contributed by atoms with Gasteiger partial charge in [0.25, 0.3) is 0 Å².